The summed E-state index contributed by atoms with van der Waals surface area (Å²) < 4.78 is 5.71. The molecular weight excluding hydrogens is 288 g/mol. The number of fused-ring (bicyclic) bond motifs is 1. The standard InChI is InChI=1S/C16H22N2O2.ClH/c1-16(6-8-17-9-7-16)18-15(19)13-10-12-4-2-3-5-14(12)20-11-13;/h2-5,13,17H,6-11H2,1H3,(H,18,19);1H. The number of nitrogens with one attached hydrogen (secondary N) is 2. The number of piperidine rings is 1. The van der Waals surface area contributed by atoms with Gasteiger partial charge in [-0.3, -0.25) is 4.79 Å². The number of rotatable bonds is 2. The first-order valence-corrected chi connectivity index (χ1v) is 7.40. The van der Waals surface area contributed by atoms with Gasteiger partial charge in [-0.2, -0.15) is 0 Å². The van der Waals surface area contributed by atoms with Crippen molar-refractivity contribution in [3.63, 3.8) is 0 Å². The maximum Gasteiger partial charge on any atom is 0.227 e. The maximum absolute atomic E-state index is 12.5. The van der Waals surface area contributed by atoms with Crippen molar-refractivity contribution in [2.45, 2.75) is 31.7 Å². The summed E-state index contributed by atoms with van der Waals surface area (Å²) in [7, 11) is 0. The van der Waals surface area contributed by atoms with Gasteiger partial charge in [-0.15, -0.1) is 12.4 Å². The minimum absolute atomic E-state index is 0. The first kappa shape index (κ1) is 16.1. The molecule has 3 rings (SSSR count). The SMILES string of the molecule is CC1(NC(=O)C2COc3ccccc3C2)CCNCC1.Cl. The van der Waals surface area contributed by atoms with E-state index in [1.54, 1.807) is 0 Å². The van der Waals surface area contributed by atoms with Crippen molar-refractivity contribution in [1.29, 1.82) is 0 Å². The highest BCUT2D eigenvalue weighted by Gasteiger charge is 2.33. The third kappa shape index (κ3) is 3.69. The molecular formula is C16H23ClN2O2. The Hall–Kier alpha value is -1.26. The highest BCUT2D eigenvalue weighted by atomic mass is 35.5. The van der Waals surface area contributed by atoms with Gasteiger partial charge in [0.25, 0.3) is 0 Å². The van der Waals surface area contributed by atoms with E-state index in [0.717, 1.165) is 43.7 Å². The molecule has 1 unspecified atom stereocenters. The van der Waals surface area contributed by atoms with Crippen molar-refractivity contribution in [2.24, 2.45) is 5.92 Å². The zero-order chi connectivity index (χ0) is 14.0. The zero-order valence-corrected chi connectivity index (χ0v) is 13.2. The van der Waals surface area contributed by atoms with Crippen LogP contribution in [0.15, 0.2) is 24.3 Å². The first-order valence-electron chi connectivity index (χ1n) is 7.40. The number of carbonyl (C=O) groups excluding carboxylic acids is 1. The van der Waals surface area contributed by atoms with Crippen LogP contribution in [0.2, 0.25) is 0 Å². The molecule has 0 spiro atoms. The number of halogens is 1. The lowest BCUT2D eigenvalue weighted by atomic mass is 9.88. The quantitative estimate of drug-likeness (QED) is 0.877. The Bertz CT molecular complexity index is 501. The van der Waals surface area contributed by atoms with Crippen LogP contribution in [0.3, 0.4) is 0 Å². The molecule has 21 heavy (non-hydrogen) atoms. The Morgan fingerprint density at radius 3 is 2.81 bits per heavy atom. The molecule has 2 heterocycles. The van der Waals surface area contributed by atoms with E-state index in [-0.39, 0.29) is 29.8 Å². The van der Waals surface area contributed by atoms with Gasteiger partial charge >= 0.3 is 0 Å². The molecule has 1 aromatic rings. The molecule has 1 saturated heterocycles. The molecule has 0 bridgehead atoms. The molecule has 1 amide bonds. The van der Waals surface area contributed by atoms with Crippen molar-refractivity contribution in [3.8, 4) is 5.75 Å². The van der Waals surface area contributed by atoms with Crippen LogP contribution in [-0.4, -0.2) is 31.1 Å². The van der Waals surface area contributed by atoms with E-state index in [0.29, 0.717) is 6.61 Å². The molecule has 0 aliphatic carbocycles. The summed E-state index contributed by atoms with van der Waals surface area (Å²) in [6.45, 7) is 4.57. The largest absolute Gasteiger partial charge is 0.492 e. The van der Waals surface area contributed by atoms with Gasteiger partial charge in [-0.1, -0.05) is 18.2 Å². The average Bonchev–Trinajstić information content (AvgIpc) is 2.47. The lowest BCUT2D eigenvalue weighted by Gasteiger charge is -2.36. The third-order valence-electron chi connectivity index (χ3n) is 4.38. The highest BCUT2D eigenvalue weighted by Crippen LogP contribution is 2.27. The number of hydrogen-bond donors (Lipinski definition) is 2. The molecule has 0 aromatic heterocycles. The molecule has 5 heteroatoms. The number of carbonyl (C=O) groups is 1. The summed E-state index contributed by atoms with van der Waals surface area (Å²) >= 11 is 0. The molecule has 4 nitrogen and oxygen atoms in total. The van der Waals surface area contributed by atoms with Crippen LogP contribution in [0.5, 0.6) is 5.75 Å². The Balaban J connectivity index is 0.00000161. The fraction of sp³-hybridized carbons (Fsp3) is 0.562. The Morgan fingerprint density at radius 2 is 2.05 bits per heavy atom. The number of para-hydroxylation sites is 1. The van der Waals surface area contributed by atoms with E-state index in [1.165, 1.54) is 0 Å². The summed E-state index contributed by atoms with van der Waals surface area (Å²) in [6.07, 6.45) is 2.75. The number of ether oxygens (including phenoxy) is 1. The van der Waals surface area contributed by atoms with Gasteiger partial charge in [-0.25, -0.2) is 0 Å². The van der Waals surface area contributed by atoms with E-state index in [4.69, 9.17) is 4.74 Å². The molecule has 0 radical (unpaired) electrons. The predicted octanol–water partition coefficient (Wildman–Crippen LogP) is 1.92. The molecule has 1 aromatic carbocycles. The van der Waals surface area contributed by atoms with Crippen LogP contribution in [-0.2, 0) is 11.2 Å². The first-order chi connectivity index (χ1) is 9.66. The number of hydrogen-bond acceptors (Lipinski definition) is 3. The van der Waals surface area contributed by atoms with Gasteiger partial charge in [0.1, 0.15) is 12.4 Å². The van der Waals surface area contributed by atoms with Crippen molar-refractivity contribution < 1.29 is 9.53 Å². The molecule has 116 valence electrons. The van der Waals surface area contributed by atoms with Gasteiger partial charge in [0.15, 0.2) is 0 Å². The van der Waals surface area contributed by atoms with Crippen LogP contribution >= 0.6 is 12.4 Å². The van der Waals surface area contributed by atoms with E-state index in [2.05, 4.69) is 17.6 Å². The van der Waals surface area contributed by atoms with Crippen molar-refractivity contribution in [3.05, 3.63) is 29.8 Å². The number of benzene rings is 1. The second-order valence-corrected chi connectivity index (χ2v) is 6.12. The Labute approximate surface area is 132 Å². The molecule has 2 aliphatic rings. The Morgan fingerprint density at radius 1 is 1.33 bits per heavy atom. The molecule has 1 atom stereocenters. The van der Waals surface area contributed by atoms with Crippen molar-refractivity contribution >= 4 is 18.3 Å². The minimum Gasteiger partial charge on any atom is -0.492 e. The molecule has 1 fully saturated rings. The summed E-state index contributed by atoms with van der Waals surface area (Å²) in [5.74, 6) is 0.977. The molecule has 2 N–H and O–H groups in total. The normalized spacial score (nSPS) is 23.2. The number of amides is 1. The lowest BCUT2D eigenvalue weighted by molar-refractivity contribution is -0.128. The lowest BCUT2D eigenvalue weighted by Crippen LogP contribution is -2.54. The van der Waals surface area contributed by atoms with E-state index >= 15 is 0 Å². The average molecular weight is 311 g/mol. The van der Waals surface area contributed by atoms with E-state index in [1.807, 2.05) is 24.3 Å². The highest BCUT2D eigenvalue weighted by molar-refractivity contribution is 5.85. The van der Waals surface area contributed by atoms with Gasteiger partial charge in [0, 0.05) is 5.54 Å². The van der Waals surface area contributed by atoms with Crippen molar-refractivity contribution in [2.75, 3.05) is 19.7 Å². The van der Waals surface area contributed by atoms with Crippen LogP contribution < -0.4 is 15.4 Å². The monoisotopic (exact) mass is 310 g/mol. The van der Waals surface area contributed by atoms with Crippen LogP contribution in [0, 0.1) is 5.92 Å². The smallest absolute Gasteiger partial charge is 0.227 e. The topological polar surface area (TPSA) is 50.4 Å². The van der Waals surface area contributed by atoms with E-state index in [9.17, 15) is 4.79 Å². The van der Waals surface area contributed by atoms with E-state index < -0.39 is 0 Å². The fourth-order valence-corrected chi connectivity index (χ4v) is 3.00. The maximum atomic E-state index is 12.5. The van der Waals surface area contributed by atoms with Crippen LogP contribution in [0.4, 0.5) is 0 Å². The van der Waals surface area contributed by atoms with Crippen molar-refractivity contribution in [1.82, 2.24) is 10.6 Å². The van der Waals surface area contributed by atoms with Gasteiger partial charge in [-0.05, 0) is 50.9 Å². The van der Waals surface area contributed by atoms with Gasteiger partial charge < -0.3 is 15.4 Å². The summed E-state index contributed by atoms with van der Waals surface area (Å²) in [5.41, 5.74) is 1.06. The zero-order valence-electron chi connectivity index (χ0n) is 12.4. The van der Waals surface area contributed by atoms with Gasteiger partial charge in [0.05, 0.1) is 5.92 Å². The second kappa shape index (κ2) is 6.67. The summed E-state index contributed by atoms with van der Waals surface area (Å²) in [5, 5.41) is 6.57. The predicted molar refractivity (Wildman–Crippen MR) is 85.0 cm³/mol. The fourth-order valence-electron chi connectivity index (χ4n) is 3.00. The summed E-state index contributed by atoms with van der Waals surface area (Å²) in [6, 6.07) is 7.98. The summed E-state index contributed by atoms with van der Waals surface area (Å²) in [4.78, 5) is 12.5. The second-order valence-electron chi connectivity index (χ2n) is 6.12. The third-order valence-corrected chi connectivity index (χ3v) is 4.38. The molecule has 0 saturated carbocycles. The van der Waals surface area contributed by atoms with Crippen LogP contribution in [0.1, 0.15) is 25.3 Å². The minimum atomic E-state index is -0.0726. The van der Waals surface area contributed by atoms with Crippen LogP contribution in [0.25, 0.3) is 0 Å². The molecule has 2 aliphatic heterocycles. The Kier molecular flexibility index (Phi) is 5.12. The van der Waals surface area contributed by atoms with Gasteiger partial charge in [0.2, 0.25) is 5.91 Å².